The van der Waals surface area contributed by atoms with E-state index in [1.807, 2.05) is 0 Å². The first-order valence-corrected chi connectivity index (χ1v) is 16.4. The molecule has 226 valence electrons. The number of hydrogen-bond acceptors (Lipinski definition) is 3. The molecule has 0 aliphatic heterocycles. The fourth-order valence-corrected chi connectivity index (χ4v) is 11.4. The van der Waals surface area contributed by atoms with Gasteiger partial charge in [0.2, 0.25) is 5.91 Å². The van der Waals surface area contributed by atoms with Crippen molar-refractivity contribution in [1.82, 2.24) is 5.32 Å². The molecule has 2 unspecified atom stereocenters. The summed E-state index contributed by atoms with van der Waals surface area (Å²) in [6.45, 7) is 17.7. The van der Waals surface area contributed by atoms with Crippen LogP contribution in [-0.2, 0) is 9.59 Å². The van der Waals surface area contributed by atoms with Crippen LogP contribution in [0, 0.1) is 50.2 Å². The Morgan fingerprint density at radius 1 is 0.900 bits per heavy atom. The number of allylic oxidation sites excluding steroid dienone is 2. The van der Waals surface area contributed by atoms with Crippen molar-refractivity contribution < 1.29 is 19.8 Å². The van der Waals surface area contributed by atoms with Crippen LogP contribution in [0.2, 0.25) is 0 Å². The van der Waals surface area contributed by atoms with E-state index in [2.05, 4.69) is 59.9 Å². The summed E-state index contributed by atoms with van der Waals surface area (Å²) in [7, 11) is 0. The lowest BCUT2D eigenvalue weighted by molar-refractivity contribution is -0.203. The minimum atomic E-state index is -0.766. The van der Waals surface area contributed by atoms with Crippen LogP contribution in [0.15, 0.2) is 11.6 Å². The van der Waals surface area contributed by atoms with Gasteiger partial charge in [-0.15, -0.1) is 0 Å². The predicted molar refractivity (Wildman–Crippen MR) is 160 cm³/mol. The summed E-state index contributed by atoms with van der Waals surface area (Å²) in [5.41, 5.74) is 1.94. The summed E-state index contributed by atoms with van der Waals surface area (Å²) in [5.74, 6) is 0.882. The van der Waals surface area contributed by atoms with Crippen LogP contribution in [0.25, 0.3) is 0 Å². The number of aliphatic carboxylic acids is 1. The maximum atomic E-state index is 14.1. The first kappa shape index (κ1) is 30.1. The average molecular weight is 556 g/mol. The number of amides is 1. The molecule has 1 amide bonds. The number of aliphatic hydroxyl groups excluding tert-OH is 1. The van der Waals surface area contributed by atoms with Crippen molar-refractivity contribution >= 4 is 11.9 Å². The molecule has 4 saturated carbocycles. The zero-order valence-corrected chi connectivity index (χ0v) is 26.5. The van der Waals surface area contributed by atoms with Crippen molar-refractivity contribution in [3.63, 3.8) is 0 Å². The third-order valence-corrected chi connectivity index (χ3v) is 14.2. The molecular formula is C35H57NO4. The highest BCUT2D eigenvalue weighted by atomic mass is 16.4. The lowest BCUT2D eigenvalue weighted by Gasteiger charge is -2.71. The number of fused-ring (bicyclic) bond motifs is 7. The third-order valence-electron chi connectivity index (χ3n) is 14.2. The molecule has 40 heavy (non-hydrogen) atoms. The number of carboxylic acids is 1. The van der Waals surface area contributed by atoms with Crippen LogP contribution >= 0.6 is 0 Å². The first-order valence-electron chi connectivity index (χ1n) is 16.4. The molecule has 0 aromatic rings. The molecule has 0 heterocycles. The molecule has 5 aliphatic carbocycles. The van der Waals surface area contributed by atoms with E-state index in [-0.39, 0.29) is 56.8 Å². The highest BCUT2D eigenvalue weighted by Gasteiger charge is 2.69. The molecule has 0 bridgehead atoms. The molecule has 0 radical (unpaired) electrons. The predicted octanol–water partition coefficient (Wildman–Crippen LogP) is 7.52. The second-order valence-electron chi connectivity index (χ2n) is 16.9. The smallest absolute Gasteiger partial charge is 0.303 e. The fraction of sp³-hybridized carbons (Fsp3) is 0.886. The summed E-state index contributed by atoms with van der Waals surface area (Å²) >= 11 is 0. The molecular weight excluding hydrogens is 498 g/mol. The Morgan fingerprint density at radius 2 is 1.60 bits per heavy atom. The quantitative estimate of drug-likeness (QED) is 0.234. The molecule has 5 heteroatoms. The zero-order chi connectivity index (χ0) is 29.4. The number of unbranched alkanes of at least 4 members (excludes halogenated alkanes) is 1. The Labute approximate surface area is 243 Å². The van der Waals surface area contributed by atoms with Gasteiger partial charge in [0.05, 0.1) is 11.5 Å². The van der Waals surface area contributed by atoms with Crippen LogP contribution in [0.3, 0.4) is 0 Å². The lowest BCUT2D eigenvalue weighted by atomic mass is 9.33. The van der Waals surface area contributed by atoms with Gasteiger partial charge in [-0.2, -0.15) is 0 Å². The Hall–Kier alpha value is -1.36. The van der Waals surface area contributed by atoms with E-state index in [1.165, 1.54) is 12.8 Å². The maximum Gasteiger partial charge on any atom is 0.303 e. The van der Waals surface area contributed by atoms with E-state index in [1.54, 1.807) is 5.57 Å². The Balaban J connectivity index is 1.46. The molecule has 5 aliphatic rings. The lowest BCUT2D eigenvalue weighted by Crippen LogP contribution is -2.65. The van der Waals surface area contributed by atoms with Crippen molar-refractivity contribution in [3.05, 3.63) is 11.6 Å². The normalized spacial score (nSPS) is 45.1. The summed E-state index contributed by atoms with van der Waals surface area (Å²) in [6.07, 6.45) is 14.6. The van der Waals surface area contributed by atoms with Gasteiger partial charge in [-0.05, 0) is 122 Å². The van der Waals surface area contributed by atoms with Crippen molar-refractivity contribution in [2.45, 2.75) is 138 Å². The summed E-state index contributed by atoms with van der Waals surface area (Å²) in [5, 5.41) is 23.3. The van der Waals surface area contributed by atoms with E-state index in [9.17, 15) is 14.7 Å². The van der Waals surface area contributed by atoms with E-state index in [0.717, 1.165) is 57.8 Å². The molecule has 0 spiro atoms. The van der Waals surface area contributed by atoms with Crippen LogP contribution < -0.4 is 5.32 Å². The van der Waals surface area contributed by atoms with Crippen LogP contribution in [0.4, 0.5) is 0 Å². The summed E-state index contributed by atoms with van der Waals surface area (Å²) in [6, 6.07) is 0. The molecule has 5 rings (SSSR count). The molecule has 8 atom stereocenters. The number of aliphatic hydroxyl groups is 1. The zero-order valence-electron chi connectivity index (χ0n) is 26.5. The van der Waals surface area contributed by atoms with Gasteiger partial charge < -0.3 is 15.5 Å². The Morgan fingerprint density at radius 3 is 2.30 bits per heavy atom. The minimum absolute atomic E-state index is 0.0447. The number of hydrogen-bond donors (Lipinski definition) is 3. The Bertz CT molecular complexity index is 1060. The van der Waals surface area contributed by atoms with E-state index in [4.69, 9.17) is 5.11 Å². The second-order valence-corrected chi connectivity index (χ2v) is 16.9. The van der Waals surface area contributed by atoms with Gasteiger partial charge in [0, 0.05) is 13.0 Å². The number of rotatable bonds is 6. The van der Waals surface area contributed by atoms with E-state index < -0.39 is 5.97 Å². The number of carboxylic acid groups (broad SMARTS) is 1. The SMILES string of the molecule is CC1(C)CC[C@]2(C(=O)NCCCCC(=O)O)CC[C@]3(C)C(=CCC4[C@@]5(C)CC[C@H](O)C(C)(C)C5CC[C@]43C)[C@@H]2C1. The highest BCUT2D eigenvalue weighted by Crippen LogP contribution is 2.75. The van der Waals surface area contributed by atoms with Crippen molar-refractivity contribution in [1.29, 1.82) is 0 Å². The molecule has 0 saturated heterocycles. The van der Waals surface area contributed by atoms with Crippen molar-refractivity contribution in [2.75, 3.05) is 6.54 Å². The summed E-state index contributed by atoms with van der Waals surface area (Å²) < 4.78 is 0. The van der Waals surface area contributed by atoms with Gasteiger partial charge in [0.25, 0.3) is 0 Å². The van der Waals surface area contributed by atoms with Crippen LogP contribution in [0.5, 0.6) is 0 Å². The minimum Gasteiger partial charge on any atom is -0.481 e. The highest BCUT2D eigenvalue weighted by molar-refractivity contribution is 5.84. The van der Waals surface area contributed by atoms with Gasteiger partial charge in [-0.1, -0.05) is 60.1 Å². The second kappa shape index (κ2) is 9.85. The van der Waals surface area contributed by atoms with Crippen LogP contribution in [-0.4, -0.2) is 34.7 Å². The molecule has 0 aromatic carbocycles. The van der Waals surface area contributed by atoms with E-state index in [0.29, 0.717) is 24.8 Å². The Kier molecular flexibility index (Phi) is 7.41. The van der Waals surface area contributed by atoms with Crippen LogP contribution in [0.1, 0.15) is 132 Å². The number of nitrogens with one attached hydrogen (secondary N) is 1. The number of carbonyl (C=O) groups is 2. The molecule has 4 fully saturated rings. The van der Waals surface area contributed by atoms with Crippen molar-refractivity contribution in [2.24, 2.45) is 50.2 Å². The van der Waals surface area contributed by atoms with Gasteiger partial charge in [0.1, 0.15) is 0 Å². The standard InChI is InChI=1S/C35H57NO4/c1-30(2)17-19-35(29(40)36-21-9-8-10-28(38)39)20-18-33(6)23(24(35)22-30)11-12-26-32(5)15-14-27(37)31(3,4)25(32)13-16-34(26,33)7/h11,24-27,37H,8-10,12-22H2,1-7H3,(H,36,40)(H,38,39)/t24-,25?,26?,27-,32-,33+,34+,35-/m0/s1. The van der Waals surface area contributed by atoms with Gasteiger partial charge >= 0.3 is 5.97 Å². The fourth-order valence-electron chi connectivity index (χ4n) is 11.4. The maximum absolute atomic E-state index is 14.1. The largest absolute Gasteiger partial charge is 0.481 e. The first-order chi connectivity index (χ1) is 18.5. The third kappa shape index (κ3) is 4.33. The molecule has 5 nitrogen and oxygen atoms in total. The summed E-state index contributed by atoms with van der Waals surface area (Å²) in [4.78, 5) is 25.0. The topological polar surface area (TPSA) is 86.6 Å². The van der Waals surface area contributed by atoms with E-state index >= 15 is 0 Å². The van der Waals surface area contributed by atoms with Gasteiger partial charge in [-0.25, -0.2) is 0 Å². The number of carbonyl (C=O) groups excluding carboxylic acids is 1. The van der Waals surface area contributed by atoms with Gasteiger partial charge in [-0.3, -0.25) is 9.59 Å². The van der Waals surface area contributed by atoms with Gasteiger partial charge in [0.15, 0.2) is 0 Å². The van der Waals surface area contributed by atoms with Crippen molar-refractivity contribution in [3.8, 4) is 0 Å². The molecule has 0 aromatic heterocycles. The monoisotopic (exact) mass is 555 g/mol. The average Bonchev–Trinajstić information content (AvgIpc) is 2.86. The molecule has 3 N–H and O–H groups in total.